The molecule has 11 heteroatoms. The lowest BCUT2D eigenvalue weighted by Gasteiger charge is -2.29. The highest BCUT2D eigenvalue weighted by atomic mass is 32.2. The van der Waals surface area contributed by atoms with Crippen LogP contribution in [0.15, 0.2) is 142 Å². The quantitative estimate of drug-likeness (QED) is 0.102. The van der Waals surface area contributed by atoms with Crippen molar-refractivity contribution in [2.75, 3.05) is 0 Å². The van der Waals surface area contributed by atoms with Gasteiger partial charge in [0.05, 0.1) is 10.9 Å². The Morgan fingerprint density at radius 2 is 0.735 bits per heavy atom. The molecule has 5 rings (SSSR count). The van der Waals surface area contributed by atoms with Crippen molar-refractivity contribution in [1.29, 1.82) is 0 Å². The number of rotatable bonds is 11. The Kier molecular flexibility index (Phi) is 10.1. The zero-order chi connectivity index (χ0) is 35.5. The largest absolute Gasteiger partial charge is 0.573 e. The predicted molar refractivity (Wildman–Crippen MR) is 175 cm³/mol. The number of hydrogen-bond acceptors (Lipinski definition) is 4. The summed E-state index contributed by atoms with van der Waals surface area (Å²) >= 11 is 0. The van der Waals surface area contributed by atoms with E-state index in [0.29, 0.717) is 20.9 Å². The van der Waals surface area contributed by atoms with E-state index in [0.717, 1.165) is 4.90 Å². The van der Waals surface area contributed by atoms with Crippen LogP contribution in [0.1, 0.15) is 38.8 Å². The summed E-state index contributed by atoms with van der Waals surface area (Å²) in [7, 11) is -1.08. The van der Waals surface area contributed by atoms with Gasteiger partial charge >= 0.3 is 12.7 Å². The van der Waals surface area contributed by atoms with Crippen LogP contribution in [0.25, 0.3) is 0 Å². The number of hydrogen-bond donors (Lipinski definition) is 0. The van der Waals surface area contributed by atoms with Crippen LogP contribution in [0.3, 0.4) is 0 Å². The molecular weight excluding hydrogens is 666 g/mol. The highest BCUT2D eigenvalue weighted by Crippen LogP contribution is 2.44. The summed E-state index contributed by atoms with van der Waals surface area (Å²) in [5.74, 6) is -1.43. The fraction of sp³-hybridized carbons (Fsp3) is 0.211. The third-order valence-electron chi connectivity index (χ3n) is 7.40. The zero-order valence-electron chi connectivity index (χ0n) is 26.9. The minimum atomic E-state index is -5.00. The molecule has 0 aromatic heterocycles. The van der Waals surface area contributed by atoms with Gasteiger partial charge in [0, 0.05) is 12.1 Å². The van der Waals surface area contributed by atoms with Crippen molar-refractivity contribution >= 4 is 10.9 Å². The van der Waals surface area contributed by atoms with E-state index in [4.69, 9.17) is 9.47 Å². The van der Waals surface area contributed by atoms with Crippen LogP contribution in [0.5, 0.6) is 23.0 Å². The molecule has 0 atom stereocenters. The van der Waals surface area contributed by atoms with Crippen molar-refractivity contribution < 1.29 is 45.3 Å². The van der Waals surface area contributed by atoms with Gasteiger partial charge in [-0.15, -0.1) is 26.3 Å². The van der Waals surface area contributed by atoms with E-state index in [1.165, 1.54) is 36.4 Å². The Hall–Kier alpha value is -4.77. The molecule has 0 saturated heterocycles. The van der Waals surface area contributed by atoms with Crippen LogP contribution in [0.4, 0.5) is 26.3 Å². The summed E-state index contributed by atoms with van der Waals surface area (Å²) < 4.78 is 102. The molecule has 0 amide bonds. The first-order valence-corrected chi connectivity index (χ1v) is 16.3. The first-order chi connectivity index (χ1) is 23.0. The molecule has 0 aliphatic heterocycles. The van der Waals surface area contributed by atoms with E-state index in [1.54, 1.807) is 94.4 Å². The molecule has 49 heavy (non-hydrogen) atoms. The smallest absolute Gasteiger partial charge is 0.479 e. The number of benzene rings is 5. The van der Waals surface area contributed by atoms with Crippen LogP contribution in [-0.4, -0.2) is 12.7 Å². The van der Waals surface area contributed by atoms with Crippen LogP contribution in [0, 0.1) is 0 Å². The molecular formula is C38H33F6O4S+. The lowest BCUT2D eigenvalue weighted by atomic mass is 9.98. The van der Waals surface area contributed by atoms with E-state index >= 15 is 0 Å². The van der Waals surface area contributed by atoms with Gasteiger partial charge in [-0.2, -0.15) is 0 Å². The Morgan fingerprint density at radius 1 is 0.388 bits per heavy atom. The second kappa shape index (κ2) is 14.0. The molecule has 0 unspecified atom stereocenters. The Labute approximate surface area is 283 Å². The third-order valence-corrected chi connectivity index (χ3v) is 9.59. The molecule has 256 valence electrons. The average molecular weight is 700 g/mol. The van der Waals surface area contributed by atoms with Crippen molar-refractivity contribution in [2.45, 2.75) is 66.3 Å². The zero-order valence-corrected chi connectivity index (χ0v) is 27.7. The summed E-state index contributed by atoms with van der Waals surface area (Å²) in [5, 5.41) is 0. The summed E-state index contributed by atoms with van der Waals surface area (Å²) in [5.41, 5.74) is -0.725. The van der Waals surface area contributed by atoms with Gasteiger partial charge < -0.3 is 18.9 Å². The fourth-order valence-electron chi connectivity index (χ4n) is 5.12. The minimum Gasteiger partial charge on any atom is -0.479 e. The lowest BCUT2D eigenvalue weighted by Crippen LogP contribution is -2.26. The SMILES string of the molecule is CC(C)(Oc1cc([S+](c2ccccc2)c2ccc(OC(F)(F)F)c(OC(C)(C)c3ccccc3)c2)ccc1OC(F)(F)F)c1ccccc1. The Bertz CT molecular complexity index is 1730. The predicted octanol–water partition coefficient (Wildman–Crippen LogP) is 11.2. The average Bonchev–Trinajstić information content (AvgIpc) is 3.03. The molecule has 0 spiro atoms. The monoisotopic (exact) mass is 699 g/mol. The highest BCUT2D eigenvalue weighted by Gasteiger charge is 2.38. The first kappa shape index (κ1) is 35.5. The molecule has 5 aromatic rings. The van der Waals surface area contributed by atoms with E-state index in [9.17, 15) is 26.3 Å². The van der Waals surface area contributed by atoms with Crippen LogP contribution in [-0.2, 0) is 22.1 Å². The maximum Gasteiger partial charge on any atom is 0.573 e. The maximum absolute atomic E-state index is 13.5. The highest BCUT2D eigenvalue weighted by molar-refractivity contribution is 7.97. The van der Waals surface area contributed by atoms with Crippen molar-refractivity contribution in [2.24, 2.45) is 0 Å². The molecule has 0 heterocycles. The van der Waals surface area contributed by atoms with E-state index in [1.807, 2.05) is 24.3 Å². The van der Waals surface area contributed by atoms with Gasteiger partial charge in [-0.05, 0) is 75.2 Å². The van der Waals surface area contributed by atoms with Gasteiger partial charge in [-0.25, -0.2) is 0 Å². The molecule has 0 radical (unpaired) electrons. The maximum atomic E-state index is 13.5. The lowest BCUT2D eigenvalue weighted by molar-refractivity contribution is -0.276. The van der Waals surface area contributed by atoms with E-state index in [2.05, 4.69) is 9.47 Å². The molecule has 5 aromatic carbocycles. The molecule has 0 bridgehead atoms. The van der Waals surface area contributed by atoms with Crippen LogP contribution >= 0.6 is 0 Å². The molecule has 0 aliphatic carbocycles. The van der Waals surface area contributed by atoms with E-state index in [-0.39, 0.29) is 11.5 Å². The molecule has 0 saturated carbocycles. The van der Waals surface area contributed by atoms with Gasteiger partial charge in [-0.3, -0.25) is 0 Å². The summed E-state index contributed by atoms with van der Waals surface area (Å²) in [6.45, 7) is 6.89. The molecule has 4 nitrogen and oxygen atoms in total. The van der Waals surface area contributed by atoms with Crippen molar-refractivity contribution in [3.63, 3.8) is 0 Å². The second-order valence-electron chi connectivity index (χ2n) is 11.9. The topological polar surface area (TPSA) is 36.9 Å². The van der Waals surface area contributed by atoms with Crippen LogP contribution < -0.4 is 18.9 Å². The number of alkyl halides is 6. The van der Waals surface area contributed by atoms with Crippen LogP contribution in [0.2, 0.25) is 0 Å². The van der Waals surface area contributed by atoms with Gasteiger partial charge in [0.15, 0.2) is 37.7 Å². The fourth-order valence-corrected chi connectivity index (χ4v) is 7.22. The summed E-state index contributed by atoms with van der Waals surface area (Å²) in [4.78, 5) is 1.76. The van der Waals surface area contributed by atoms with Crippen molar-refractivity contribution in [1.82, 2.24) is 0 Å². The Balaban J connectivity index is 1.65. The van der Waals surface area contributed by atoms with Gasteiger partial charge in [0.2, 0.25) is 0 Å². The summed E-state index contributed by atoms with van der Waals surface area (Å²) in [6.07, 6.45) is -9.99. The van der Waals surface area contributed by atoms with Crippen molar-refractivity contribution in [3.05, 3.63) is 139 Å². The molecule has 0 N–H and O–H groups in total. The summed E-state index contributed by atoms with van der Waals surface area (Å²) in [6, 6.07) is 35.3. The van der Waals surface area contributed by atoms with Crippen molar-refractivity contribution in [3.8, 4) is 23.0 Å². The number of halogens is 6. The standard InChI is InChI=1S/C38H33F6O4S/c1-35(2,26-14-8-5-9-15-26)45-33-24-29(20-22-31(33)47-37(39,40)41)49(28-18-12-7-13-19-28)30-21-23-32(48-38(42,43)44)34(25-30)46-36(3,4)27-16-10-6-11-17-27/h5-25H,1-4H3/q+1. The number of ether oxygens (including phenoxy) is 4. The molecule has 0 fully saturated rings. The molecule has 0 aliphatic rings. The normalized spacial score (nSPS) is 12.5. The van der Waals surface area contributed by atoms with E-state index < -0.39 is 46.3 Å². The van der Waals surface area contributed by atoms with Gasteiger partial charge in [0.1, 0.15) is 11.2 Å². The third kappa shape index (κ3) is 9.23. The van der Waals surface area contributed by atoms with Gasteiger partial charge in [-0.1, -0.05) is 78.9 Å². The Morgan fingerprint density at radius 3 is 1.08 bits per heavy atom. The van der Waals surface area contributed by atoms with Gasteiger partial charge in [0.25, 0.3) is 0 Å². The second-order valence-corrected chi connectivity index (χ2v) is 13.9. The first-order valence-electron chi connectivity index (χ1n) is 15.1. The minimum absolute atomic E-state index is 0.171.